The van der Waals surface area contributed by atoms with Crippen molar-refractivity contribution in [1.29, 1.82) is 0 Å². The van der Waals surface area contributed by atoms with E-state index in [0.717, 1.165) is 12.8 Å². The molecule has 1 aromatic rings. The molecule has 1 aromatic carbocycles. The highest BCUT2D eigenvalue weighted by molar-refractivity contribution is 7.89. The van der Waals surface area contributed by atoms with Crippen molar-refractivity contribution in [3.8, 4) is 0 Å². The fraction of sp³-hybridized carbons (Fsp3) is 0.538. The molecule has 4 nitrogen and oxygen atoms in total. The van der Waals surface area contributed by atoms with Gasteiger partial charge in [0.1, 0.15) is 0 Å². The fourth-order valence-corrected chi connectivity index (χ4v) is 4.13. The second kappa shape index (κ2) is 6.62. The van der Waals surface area contributed by atoms with E-state index in [0.29, 0.717) is 24.4 Å². The zero-order valence-electron chi connectivity index (χ0n) is 10.9. The normalized spacial score (nSPS) is 15.8. The third-order valence-corrected chi connectivity index (χ3v) is 5.93. The van der Waals surface area contributed by atoms with Gasteiger partial charge in [0.15, 0.2) is 0 Å². The Bertz CT molecular complexity index is 573. The minimum atomic E-state index is -3.55. The Morgan fingerprint density at radius 1 is 1.20 bits per heavy atom. The average molecular weight is 338 g/mol. The van der Waals surface area contributed by atoms with Gasteiger partial charge < -0.3 is 5.11 Å². The van der Waals surface area contributed by atoms with Crippen LogP contribution in [0.5, 0.6) is 0 Å². The Morgan fingerprint density at radius 2 is 1.90 bits per heavy atom. The Morgan fingerprint density at radius 3 is 2.45 bits per heavy atom. The van der Waals surface area contributed by atoms with Gasteiger partial charge in [-0.3, -0.25) is 0 Å². The molecule has 0 saturated heterocycles. The molecule has 0 aliphatic heterocycles. The van der Waals surface area contributed by atoms with Crippen molar-refractivity contribution < 1.29 is 13.5 Å². The first-order valence-electron chi connectivity index (χ1n) is 6.54. The summed E-state index contributed by atoms with van der Waals surface area (Å²) in [5.41, 5.74) is 0. The van der Waals surface area contributed by atoms with Crippen LogP contribution in [0.4, 0.5) is 0 Å². The molecule has 0 heterocycles. The second-order valence-corrected chi connectivity index (χ2v) is 7.56. The molecule has 7 heteroatoms. The fourth-order valence-electron chi connectivity index (χ4n) is 2.01. The van der Waals surface area contributed by atoms with Gasteiger partial charge in [0.25, 0.3) is 0 Å². The summed E-state index contributed by atoms with van der Waals surface area (Å²) < 4.78 is 26.8. The Kier molecular flexibility index (Phi) is 5.31. The van der Waals surface area contributed by atoms with Gasteiger partial charge in [-0.2, -0.15) is 4.31 Å². The molecule has 1 saturated carbocycles. The van der Waals surface area contributed by atoms with Gasteiger partial charge in [0.05, 0.1) is 14.9 Å². The van der Waals surface area contributed by atoms with Crippen molar-refractivity contribution in [1.82, 2.24) is 4.31 Å². The van der Waals surface area contributed by atoms with Gasteiger partial charge in [-0.05, 0) is 43.9 Å². The number of benzene rings is 1. The molecule has 1 fully saturated rings. The summed E-state index contributed by atoms with van der Waals surface area (Å²) in [6.45, 7) is 0.499. The molecule has 0 unspecified atom stereocenters. The third kappa shape index (κ3) is 3.65. The van der Waals surface area contributed by atoms with E-state index in [9.17, 15) is 8.42 Å². The van der Waals surface area contributed by atoms with E-state index < -0.39 is 10.0 Å². The standard InChI is InChI=1S/C13H17Cl2NO3S/c14-12-6-5-11(9-13(12)15)20(18,19)16(10-3-4-10)7-1-2-8-17/h5-6,9-10,17H,1-4,7-8H2. The molecule has 1 aliphatic rings. The van der Waals surface area contributed by atoms with Crippen LogP contribution in [0.25, 0.3) is 0 Å². The average Bonchev–Trinajstić information content (AvgIpc) is 3.22. The van der Waals surface area contributed by atoms with E-state index >= 15 is 0 Å². The summed E-state index contributed by atoms with van der Waals surface area (Å²) in [6.07, 6.45) is 3.02. The number of hydrogen-bond acceptors (Lipinski definition) is 3. The topological polar surface area (TPSA) is 57.6 Å². The van der Waals surface area contributed by atoms with E-state index in [2.05, 4.69) is 0 Å². The Hall–Kier alpha value is -0.330. The quantitative estimate of drug-likeness (QED) is 0.778. The Balaban J connectivity index is 2.23. The molecule has 0 amide bonds. The van der Waals surface area contributed by atoms with E-state index in [1.807, 2.05) is 0 Å². The maximum absolute atomic E-state index is 12.6. The van der Waals surface area contributed by atoms with Crippen LogP contribution >= 0.6 is 23.2 Å². The van der Waals surface area contributed by atoms with Gasteiger partial charge in [0, 0.05) is 19.2 Å². The summed E-state index contributed by atoms with van der Waals surface area (Å²) in [4.78, 5) is 0.169. The molecular formula is C13H17Cl2NO3S. The number of halogens is 2. The minimum absolute atomic E-state index is 0.0747. The summed E-state index contributed by atoms with van der Waals surface area (Å²) in [5, 5.41) is 9.39. The molecule has 0 aromatic heterocycles. The smallest absolute Gasteiger partial charge is 0.243 e. The van der Waals surface area contributed by atoms with Crippen molar-refractivity contribution in [2.24, 2.45) is 0 Å². The number of unbranched alkanes of at least 4 members (excludes halogenated alkanes) is 1. The van der Waals surface area contributed by atoms with E-state index in [-0.39, 0.29) is 22.6 Å². The highest BCUT2D eigenvalue weighted by Gasteiger charge is 2.37. The van der Waals surface area contributed by atoms with Gasteiger partial charge >= 0.3 is 0 Å². The molecule has 0 atom stereocenters. The summed E-state index contributed by atoms with van der Waals surface area (Å²) in [5.74, 6) is 0. The SMILES string of the molecule is O=S(=O)(c1ccc(Cl)c(Cl)c1)N(CCCCO)C1CC1. The largest absolute Gasteiger partial charge is 0.396 e. The molecule has 112 valence electrons. The molecule has 20 heavy (non-hydrogen) atoms. The summed E-state index contributed by atoms with van der Waals surface area (Å²) in [6, 6.07) is 4.44. The lowest BCUT2D eigenvalue weighted by atomic mass is 10.3. The third-order valence-electron chi connectivity index (χ3n) is 3.24. The van der Waals surface area contributed by atoms with Crippen LogP contribution in [-0.2, 0) is 10.0 Å². The van der Waals surface area contributed by atoms with Gasteiger partial charge in [-0.25, -0.2) is 8.42 Å². The van der Waals surface area contributed by atoms with Gasteiger partial charge in [0.2, 0.25) is 10.0 Å². The van der Waals surface area contributed by atoms with E-state index in [1.54, 1.807) is 0 Å². The zero-order valence-corrected chi connectivity index (χ0v) is 13.3. The van der Waals surface area contributed by atoms with E-state index in [1.165, 1.54) is 22.5 Å². The van der Waals surface area contributed by atoms with Crippen LogP contribution in [0, 0.1) is 0 Å². The highest BCUT2D eigenvalue weighted by Crippen LogP contribution is 2.34. The lowest BCUT2D eigenvalue weighted by Crippen LogP contribution is -2.34. The van der Waals surface area contributed by atoms with Crippen molar-refractivity contribution in [2.45, 2.75) is 36.6 Å². The molecule has 2 rings (SSSR count). The number of sulfonamides is 1. The second-order valence-electron chi connectivity index (χ2n) is 4.85. The number of nitrogens with zero attached hydrogens (tertiary/aromatic N) is 1. The lowest BCUT2D eigenvalue weighted by molar-refractivity contribution is 0.275. The van der Waals surface area contributed by atoms with Crippen LogP contribution in [0.1, 0.15) is 25.7 Å². The first-order chi connectivity index (χ1) is 9.46. The molecule has 1 N–H and O–H groups in total. The van der Waals surface area contributed by atoms with Gasteiger partial charge in [-0.1, -0.05) is 23.2 Å². The lowest BCUT2D eigenvalue weighted by Gasteiger charge is -2.22. The monoisotopic (exact) mass is 337 g/mol. The molecule has 0 radical (unpaired) electrons. The van der Waals surface area contributed by atoms with E-state index in [4.69, 9.17) is 28.3 Å². The predicted molar refractivity (Wildman–Crippen MR) is 79.7 cm³/mol. The maximum Gasteiger partial charge on any atom is 0.243 e. The molecule has 1 aliphatic carbocycles. The predicted octanol–water partition coefficient (Wildman–Crippen LogP) is 2.92. The van der Waals surface area contributed by atoms with Crippen molar-refractivity contribution in [3.05, 3.63) is 28.2 Å². The minimum Gasteiger partial charge on any atom is -0.396 e. The Labute approximate surface area is 129 Å². The first kappa shape index (κ1) is 16.0. The number of hydrogen-bond donors (Lipinski definition) is 1. The molecule has 0 bridgehead atoms. The van der Waals surface area contributed by atoms with Crippen LogP contribution in [0.3, 0.4) is 0 Å². The number of rotatable bonds is 7. The highest BCUT2D eigenvalue weighted by atomic mass is 35.5. The van der Waals surface area contributed by atoms with Crippen molar-refractivity contribution in [2.75, 3.05) is 13.2 Å². The van der Waals surface area contributed by atoms with Crippen molar-refractivity contribution >= 4 is 33.2 Å². The van der Waals surface area contributed by atoms with Gasteiger partial charge in [-0.15, -0.1) is 0 Å². The number of aliphatic hydroxyl groups excluding tert-OH is 1. The number of aliphatic hydroxyl groups is 1. The van der Waals surface area contributed by atoms with Crippen LogP contribution < -0.4 is 0 Å². The van der Waals surface area contributed by atoms with Crippen LogP contribution in [0.2, 0.25) is 10.0 Å². The molecule has 0 spiro atoms. The first-order valence-corrected chi connectivity index (χ1v) is 8.74. The van der Waals surface area contributed by atoms with Crippen LogP contribution in [-0.4, -0.2) is 37.0 Å². The maximum atomic E-state index is 12.6. The summed E-state index contributed by atoms with van der Waals surface area (Å²) >= 11 is 11.7. The summed E-state index contributed by atoms with van der Waals surface area (Å²) in [7, 11) is -3.55. The zero-order chi connectivity index (χ0) is 14.8. The van der Waals surface area contributed by atoms with Crippen molar-refractivity contribution in [3.63, 3.8) is 0 Å². The van der Waals surface area contributed by atoms with Crippen LogP contribution in [0.15, 0.2) is 23.1 Å². The molecular weight excluding hydrogens is 321 g/mol.